The second kappa shape index (κ2) is 12.6. The normalized spacial score (nSPS) is 17.6. The van der Waals surface area contributed by atoms with Gasteiger partial charge < -0.3 is 10.6 Å². The number of hydrogen-bond acceptors (Lipinski definition) is 5. The Hall–Kier alpha value is -3.74. The number of alkyl halides is 5. The van der Waals surface area contributed by atoms with E-state index in [9.17, 15) is 31.5 Å². The van der Waals surface area contributed by atoms with Crippen molar-refractivity contribution in [2.45, 2.75) is 45.0 Å². The first-order valence-electron chi connectivity index (χ1n) is 13.1. The van der Waals surface area contributed by atoms with Crippen molar-refractivity contribution in [3.05, 3.63) is 77.4 Å². The fourth-order valence-corrected chi connectivity index (χ4v) is 5.14. The molecule has 2 amide bonds. The average Bonchev–Trinajstić information content (AvgIpc) is 3.39. The number of hydrogen-bond donors (Lipinski definition) is 2. The molecule has 0 unspecified atom stereocenters. The van der Waals surface area contributed by atoms with Gasteiger partial charge in [-0.25, -0.2) is 8.78 Å². The van der Waals surface area contributed by atoms with Crippen LogP contribution in [0, 0.1) is 5.92 Å². The smallest absolute Gasteiger partial charge is 0.351 e. The number of nitrogens with one attached hydrogen (secondary N) is 2. The first-order chi connectivity index (χ1) is 19.8. The van der Waals surface area contributed by atoms with E-state index in [0.29, 0.717) is 18.0 Å². The summed E-state index contributed by atoms with van der Waals surface area (Å²) in [5, 5.41) is 9.01. The third kappa shape index (κ3) is 6.66. The number of thioether (sulfide) groups is 1. The van der Waals surface area contributed by atoms with Crippen LogP contribution in [0.25, 0.3) is 16.7 Å². The Morgan fingerprint density at radius 1 is 1.12 bits per heavy atom. The molecule has 0 radical (unpaired) electrons. The first kappa shape index (κ1) is 31.2. The standard InChI is InChI=1S/C29H30F5N5O2S/c1-17(2)14-39-15-20(12-37-39)18-4-7-21(8-5-18)28(29(32,33)34)10-22(24-9-6-19(11-35-24)26(30)31)23(27(41)38-28)13-36-25(40)16-42-3/h4-9,11-12,15,17,26H,10,13-14,16H2,1-3H3,(H,36,40)(H,38,41)/t28-/m0/s1. The van der Waals surface area contributed by atoms with Crippen molar-refractivity contribution in [1.29, 1.82) is 0 Å². The zero-order valence-electron chi connectivity index (χ0n) is 23.1. The number of carbonyl (C=O) groups excluding carboxylic acids is 2. The van der Waals surface area contributed by atoms with Crippen LogP contribution in [0.4, 0.5) is 22.0 Å². The van der Waals surface area contributed by atoms with Crippen LogP contribution in [-0.4, -0.2) is 51.3 Å². The molecule has 1 atom stereocenters. The van der Waals surface area contributed by atoms with E-state index in [-0.39, 0.29) is 34.7 Å². The van der Waals surface area contributed by atoms with Gasteiger partial charge in [-0.3, -0.25) is 19.3 Å². The highest BCUT2D eigenvalue weighted by molar-refractivity contribution is 7.99. The molecule has 2 aromatic heterocycles. The predicted octanol–water partition coefficient (Wildman–Crippen LogP) is 5.75. The predicted molar refractivity (Wildman–Crippen MR) is 150 cm³/mol. The largest absolute Gasteiger partial charge is 0.416 e. The molecule has 3 aromatic rings. The summed E-state index contributed by atoms with van der Waals surface area (Å²) in [5.74, 6) is -1.02. The zero-order chi connectivity index (χ0) is 30.7. The number of nitrogens with zero attached hydrogens (tertiary/aromatic N) is 3. The molecule has 4 rings (SSSR count). The summed E-state index contributed by atoms with van der Waals surface area (Å²) in [7, 11) is 0. The lowest BCUT2D eigenvalue weighted by Gasteiger charge is -2.41. The van der Waals surface area contributed by atoms with Gasteiger partial charge in [-0.2, -0.15) is 30.0 Å². The first-order valence-corrected chi connectivity index (χ1v) is 14.5. The molecular weight excluding hydrogens is 577 g/mol. The van der Waals surface area contributed by atoms with Gasteiger partial charge in [0.1, 0.15) is 0 Å². The second-order valence-corrected chi connectivity index (χ2v) is 11.3. The van der Waals surface area contributed by atoms with Crippen molar-refractivity contribution in [1.82, 2.24) is 25.4 Å². The highest BCUT2D eigenvalue weighted by Crippen LogP contribution is 2.48. The Morgan fingerprint density at radius 3 is 2.40 bits per heavy atom. The van der Waals surface area contributed by atoms with Gasteiger partial charge in [0.2, 0.25) is 11.8 Å². The molecule has 224 valence electrons. The van der Waals surface area contributed by atoms with Crippen LogP contribution in [0.5, 0.6) is 0 Å². The Bertz CT molecular complexity index is 1450. The maximum absolute atomic E-state index is 15.0. The maximum Gasteiger partial charge on any atom is 0.416 e. The minimum atomic E-state index is -4.95. The molecule has 0 bridgehead atoms. The number of halogens is 5. The van der Waals surface area contributed by atoms with Crippen LogP contribution in [0.1, 0.15) is 43.5 Å². The van der Waals surface area contributed by atoms with Gasteiger partial charge in [0.05, 0.1) is 17.6 Å². The van der Waals surface area contributed by atoms with Crippen molar-refractivity contribution in [3.63, 3.8) is 0 Å². The van der Waals surface area contributed by atoms with Gasteiger partial charge in [0, 0.05) is 48.6 Å². The molecule has 3 heterocycles. The number of amides is 2. The van der Waals surface area contributed by atoms with E-state index in [0.717, 1.165) is 23.9 Å². The minimum Gasteiger partial charge on any atom is -0.351 e. The highest BCUT2D eigenvalue weighted by atomic mass is 32.2. The van der Waals surface area contributed by atoms with Crippen molar-refractivity contribution in [2.24, 2.45) is 5.92 Å². The molecule has 7 nitrogen and oxygen atoms in total. The molecule has 0 saturated heterocycles. The van der Waals surface area contributed by atoms with Crippen LogP contribution in [0.3, 0.4) is 0 Å². The Labute approximate surface area is 244 Å². The molecule has 1 aromatic carbocycles. The summed E-state index contributed by atoms with van der Waals surface area (Å²) >= 11 is 1.24. The minimum absolute atomic E-state index is 0.0637. The van der Waals surface area contributed by atoms with E-state index >= 15 is 0 Å². The van der Waals surface area contributed by atoms with Crippen molar-refractivity contribution >= 4 is 29.1 Å². The van der Waals surface area contributed by atoms with Crippen molar-refractivity contribution in [3.8, 4) is 11.1 Å². The number of benzene rings is 1. The van der Waals surface area contributed by atoms with E-state index in [1.807, 2.05) is 20.0 Å². The summed E-state index contributed by atoms with van der Waals surface area (Å²) in [6.07, 6.45) is -2.53. The number of rotatable bonds is 10. The van der Waals surface area contributed by atoms with E-state index in [1.165, 1.54) is 36.0 Å². The van der Waals surface area contributed by atoms with E-state index in [2.05, 4.69) is 20.7 Å². The highest BCUT2D eigenvalue weighted by Gasteiger charge is 2.59. The average molecular weight is 608 g/mol. The topological polar surface area (TPSA) is 88.9 Å². The fourth-order valence-electron chi connectivity index (χ4n) is 4.78. The van der Waals surface area contributed by atoms with Gasteiger partial charge in [-0.15, -0.1) is 0 Å². The molecule has 1 aliphatic rings. The van der Waals surface area contributed by atoms with Crippen molar-refractivity contribution in [2.75, 3.05) is 18.6 Å². The fraction of sp³-hybridized carbons (Fsp3) is 0.379. The van der Waals surface area contributed by atoms with Crippen molar-refractivity contribution < 1.29 is 31.5 Å². The van der Waals surface area contributed by atoms with Crippen LogP contribution < -0.4 is 10.6 Å². The number of aromatic nitrogens is 3. The van der Waals surface area contributed by atoms with E-state index < -0.39 is 41.9 Å². The second-order valence-electron chi connectivity index (χ2n) is 10.4. The summed E-state index contributed by atoms with van der Waals surface area (Å²) in [4.78, 5) is 29.4. The molecule has 0 spiro atoms. The van der Waals surface area contributed by atoms with Gasteiger partial charge in [0.25, 0.3) is 6.43 Å². The Morgan fingerprint density at radius 2 is 1.83 bits per heavy atom. The van der Waals surface area contributed by atoms with E-state index in [4.69, 9.17) is 0 Å². The molecule has 0 saturated carbocycles. The molecular formula is C29H30F5N5O2S. The molecule has 0 aliphatic carbocycles. The molecule has 42 heavy (non-hydrogen) atoms. The molecule has 13 heteroatoms. The zero-order valence-corrected chi connectivity index (χ0v) is 24.0. The lowest BCUT2D eigenvalue weighted by molar-refractivity contribution is -0.201. The SMILES string of the molecule is CSCC(=O)NCC1=C(c2ccc(C(F)F)cn2)C[C@](c2ccc(-c3cnn(CC(C)C)c3)cc2)(C(F)(F)F)NC1=O. The van der Waals surface area contributed by atoms with Crippen LogP contribution in [0.2, 0.25) is 0 Å². The maximum atomic E-state index is 15.0. The quantitative estimate of drug-likeness (QED) is 0.287. The van der Waals surface area contributed by atoms with Gasteiger partial charge in [-0.05, 0) is 41.0 Å². The van der Waals surface area contributed by atoms with Gasteiger partial charge in [-0.1, -0.05) is 38.1 Å². The number of pyridine rings is 1. The van der Waals surface area contributed by atoms with Gasteiger partial charge >= 0.3 is 6.18 Å². The monoisotopic (exact) mass is 607 g/mol. The van der Waals surface area contributed by atoms with Gasteiger partial charge in [0.15, 0.2) is 5.54 Å². The summed E-state index contributed by atoms with van der Waals surface area (Å²) in [6.45, 7) is 4.41. The molecule has 2 N–H and O–H groups in total. The van der Waals surface area contributed by atoms with E-state index in [1.54, 1.807) is 17.1 Å². The van der Waals surface area contributed by atoms with Crippen LogP contribution in [0.15, 0.2) is 60.6 Å². The summed E-state index contributed by atoms with van der Waals surface area (Å²) < 4.78 is 73.0. The lowest BCUT2D eigenvalue weighted by Crippen LogP contribution is -2.59. The summed E-state index contributed by atoms with van der Waals surface area (Å²) in [6, 6.07) is 7.89. The molecule has 0 fully saturated rings. The molecule has 1 aliphatic heterocycles. The third-order valence-electron chi connectivity index (χ3n) is 6.87. The number of carbonyl (C=O) groups is 2. The lowest BCUT2D eigenvalue weighted by atomic mass is 9.77. The Kier molecular flexibility index (Phi) is 9.39. The third-order valence-corrected chi connectivity index (χ3v) is 7.42. The Balaban J connectivity index is 1.76. The summed E-state index contributed by atoms with van der Waals surface area (Å²) in [5.41, 5.74) is -2.39. The van der Waals surface area contributed by atoms with Crippen LogP contribution >= 0.6 is 11.8 Å². The van der Waals surface area contributed by atoms with Crippen LogP contribution in [-0.2, 0) is 21.7 Å².